The van der Waals surface area contributed by atoms with E-state index in [1.165, 1.54) is 12.1 Å². The number of nitrogens with zero attached hydrogens (tertiary/aromatic N) is 3. The molecule has 0 spiro atoms. The molecule has 2 aromatic rings. The van der Waals surface area contributed by atoms with E-state index in [0.29, 0.717) is 16.7 Å². The molecule has 0 aliphatic carbocycles. The summed E-state index contributed by atoms with van der Waals surface area (Å²) in [6.45, 7) is 0.965. The normalized spacial score (nSPS) is 14.8. The van der Waals surface area contributed by atoms with E-state index < -0.39 is 22.4 Å². The van der Waals surface area contributed by atoms with Gasteiger partial charge in [-0.2, -0.15) is 13.2 Å². The van der Waals surface area contributed by atoms with E-state index in [9.17, 15) is 28.1 Å². The second kappa shape index (κ2) is 8.08. The number of hydrogen-bond acceptors (Lipinski definition) is 4. The third-order valence-corrected chi connectivity index (χ3v) is 5.31. The van der Waals surface area contributed by atoms with Crippen LogP contribution < -0.4 is 4.90 Å². The summed E-state index contributed by atoms with van der Waals surface area (Å²) in [7, 11) is 0. The predicted molar refractivity (Wildman–Crippen MR) is 103 cm³/mol. The molecule has 0 aromatic heterocycles. The highest BCUT2D eigenvalue weighted by atomic mass is 35.5. The molecule has 1 saturated heterocycles. The quantitative estimate of drug-likeness (QED) is 0.496. The van der Waals surface area contributed by atoms with Crippen molar-refractivity contribution in [1.29, 1.82) is 0 Å². The summed E-state index contributed by atoms with van der Waals surface area (Å²) >= 11 is 11.8. The Labute approximate surface area is 173 Å². The van der Waals surface area contributed by atoms with Crippen LogP contribution in [0.15, 0.2) is 36.4 Å². The Bertz CT molecular complexity index is 961. The highest BCUT2D eigenvalue weighted by molar-refractivity contribution is 6.42. The molecule has 3 rings (SSSR count). The molecule has 0 atom stereocenters. The number of carbonyl (C=O) groups excluding carboxylic acids is 1. The lowest BCUT2D eigenvalue weighted by atomic mass is 10.1. The number of carbonyl (C=O) groups is 1. The maximum atomic E-state index is 12.9. The monoisotopic (exact) mass is 447 g/mol. The van der Waals surface area contributed by atoms with Gasteiger partial charge in [-0.3, -0.25) is 14.9 Å². The topological polar surface area (TPSA) is 66.7 Å². The summed E-state index contributed by atoms with van der Waals surface area (Å²) in [4.78, 5) is 26.2. The average molecular weight is 448 g/mol. The van der Waals surface area contributed by atoms with Crippen LogP contribution in [0.2, 0.25) is 10.0 Å². The number of rotatable bonds is 3. The summed E-state index contributed by atoms with van der Waals surface area (Å²) in [6, 6.07) is 6.96. The van der Waals surface area contributed by atoms with E-state index in [-0.39, 0.29) is 42.8 Å². The lowest BCUT2D eigenvalue weighted by Gasteiger charge is -2.36. The zero-order chi connectivity index (χ0) is 21.3. The van der Waals surface area contributed by atoms with Crippen LogP contribution in [0, 0.1) is 10.1 Å². The minimum Gasteiger partial charge on any atom is -0.362 e. The van der Waals surface area contributed by atoms with Gasteiger partial charge in [-0.05, 0) is 30.3 Å². The lowest BCUT2D eigenvalue weighted by Crippen LogP contribution is -2.49. The summed E-state index contributed by atoms with van der Waals surface area (Å²) in [6.07, 6.45) is -4.67. The van der Waals surface area contributed by atoms with Crippen LogP contribution in [-0.2, 0) is 6.18 Å². The fourth-order valence-corrected chi connectivity index (χ4v) is 3.37. The molecule has 1 fully saturated rings. The number of hydrogen-bond donors (Lipinski definition) is 0. The van der Waals surface area contributed by atoms with E-state index >= 15 is 0 Å². The van der Waals surface area contributed by atoms with Gasteiger partial charge in [-0.25, -0.2) is 0 Å². The van der Waals surface area contributed by atoms with Crippen LogP contribution in [0.4, 0.5) is 24.5 Å². The molecule has 11 heteroatoms. The fraction of sp³-hybridized carbons (Fsp3) is 0.278. The number of anilines is 1. The Kier molecular flexibility index (Phi) is 5.90. The largest absolute Gasteiger partial charge is 0.416 e. The zero-order valence-electron chi connectivity index (χ0n) is 14.7. The number of piperazine rings is 1. The van der Waals surface area contributed by atoms with Crippen molar-refractivity contribution in [1.82, 2.24) is 4.90 Å². The van der Waals surface area contributed by atoms with Gasteiger partial charge in [-0.1, -0.05) is 23.2 Å². The third-order valence-electron chi connectivity index (χ3n) is 4.57. The molecular formula is C18H14Cl2F3N3O3. The summed E-state index contributed by atoms with van der Waals surface area (Å²) in [5.41, 5.74) is -1.26. The Morgan fingerprint density at radius 2 is 1.66 bits per heavy atom. The standard InChI is InChI=1S/C18H14Cl2F3N3O3/c19-13-3-1-11(9-14(13)20)17(27)25-7-5-24(6-8-25)15-4-2-12(18(21,22)23)10-16(15)26(28)29/h1-4,9-10H,5-8H2. The van der Waals surface area contributed by atoms with E-state index in [1.807, 2.05) is 0 Å². The van der Waals surface area contributed by atoms with Gasteiger partial charge in [0.25, 0.3) is 11.6 Å². The Hall–Kier alpha value is -2.52. The van der Waals surface area contributed by atoms with Crippen LogP contribution >= 0.6 is 23.2 Å². The maximum Gasteiger partial charge on any atom is 0.416 e. The zero-order valence-corrected chi connectivity index (χ0v) is 16.3. The molecule has 0 bridgehead atoms. The van der Waals surface area contributed by atoms with Gasteiger partial charge >= 0.3 is 6.18 Å². The molecule has 29 heavy (non-hydrogen) atoms. The Morgan fingerprint density at radius 1 is 1.00 bits per heavy atom. The van der Waals surface area contributed by atoms with Crippen LogP contribution in [-0.4, -0.2) is 41.9 Å². The third kappa shape index (κ3) is 4.56. The predicted octanol–water partition coefficient (Wildman–Crippen LogP) is 4.88. The molecule has 1 heterocycles. The van der Waals surface area contributed by atoms with Gasteiger partial charge in [0.15, 0.2) is 0 Å². The summed E-state index contributed by atoms with van der Waals surface area (Å²) in [5, 5.41) is 11.9. The second-order valence-electron chi connectivity index (χ2n) is 6.37. The van der Waals surface area contributed by atoms with E-state index in [0.717, 1.165) is 12.1 Å². The van der Waals surface area contributed by atoms with Gasteiger partial charge in [0, 0.05) is 37.8 Å². The number of alkyl halides is 3. The molecule has 0 saturated carbocycles. The number of halogens is 5. The molecule has 2 aromatic carbocycles. The van der Waals surface area contributed by atoms with Crippen LogP contribution in [0.25, 0.3) is 0 Å². The molecule has 0 N–H and O–H groups in total. The molecule has 1 aliphatic heterocycles. The lowest BCUT2D eigenvalue weighted by molar-refractivity contribution is -0.384. The van der Waals surface area contributed by atoms with Crippen molar-refractivity contribution < 1.29 is 22.9 Å². The van der Waals surface area contributed by atoms with Crippen LogP contribution in [0.1, 0.15) is 15.9 Å². The first-order valence-corrected chi connectivity index (χ1v) is 9.18. The highest BCUT2D eigenvalue weighted by Crippen LogP contribution is 2.36. The number of nitro benzene ring substituents is 1. The van der Waals surface area contributed by atoms with Crippen LogP contribution in [0.3, 0.4) is 0 Å². The smallest absolute Gasteiger partial charge is 0.362 e. The van der Waals surface area contributed by atoms with Gasteiger partial charge in [0.2, 0.25) is 0 Å². The van der Waals surface area contributed by atoms with Crippen molar-refractivity contribution in [2.45, 2.75) is 6.18 Å². The van der Waals surface area contributed by atoms with Gasteiger partial charge in [-0.15, -0.1) is 0 Å². The first-order chi connectivity index (χ1) is 13.6. The maximum absolute atomic E-state index is 12.9. The van der Waals surface area contributed by atoms with Crippen molar-refractivity contribution in [2.75, 3.05) is 31.1 Å². The number of benzene rings is 2. The van der Waals surface area contributed by atoms with Crippen LogP contribution in [0.5, 0.6) is 0 Å². The van der Waals surface area contributed by atoms with Gasteiger partial charge < -0.3 is 9.80 Å². The van der Waals surface area contributed by atoms with Crippen molar-refractivity contribution in [3.8, 4) is 0 Å². The molecule has 1 aliphatic rings. The van der Waals surface area contributed by atoms with Gasteiger partial charge in [0.05, 0.1) is 20.5 Å². The average Bonchev–Trinajstić information content (AvgIpc) is 2.68. The first kappa shape index (κ1) is 21.2. The second-order valence-corrected chi connectivity index (χ2v) is 7.18. The summed E-state index contributed by atoms with van der Waals surface area (Å²) < 4.78 is 38.6. The number of nitro groups is 1. The minimum atomic E-state index is -4.67. The summed E-state index contributed by atoms with van der Waals surface area (Å²) in [5.74, 6) is -0.273. The molecular weight excluding hydrogens is 434 g/mol. The van der Waals surface area contributed by atoms with Gasteiger partial charge in [0.1, 0.15) is 5.69 Å². The van der Waals surface area contributed by atoms with E-state index in [2.05, 4.69) is 0 Å². The highest BCUT2D eigenvalue weighted by Gasteiger charge is 2.34. The van der Waals surface area contributed by atoms with Crippen molar-refractivity contribution in [3.63, 3.8) is 0 Å². The van der Waals surface area contributed by atoms with Crippen molar-refractivity contribution in [3.05, 3.63) is 67.7 Å². The van der Waals surface area contributed by atoms with E-state index in [1.54, 1.807) is 15.9 Å². The van der Waals surface area contributed by atoms with Crippen molar-refractivity contribution in [2.24, 2.45) is 0 Å². The SMILES string of the molecule is O=C(c1ccc(Cl)c(Cl)c1)N1CCN(c2ccc(C(F)(F)F)cc2[N+](=O)[O-])CC1. The minimum absolute atomic E-state index is 0.0876. The molecule has 0 radical (unpaired) electrons. The van der Waals surface area contributed by atoms with Crippen molar-refractivity contribution >= 4 is 40.5 Å². The first-order valence-electron chi connectivity index (χ1n) is 8.43. The molecule has 6 nitrogen and oxygen atoms in total. The Morgan fingerprint density at radius 3 is 2.21 bits per heavy atom. The Balaban J connectivity index is 1.76. The number of amides is 1. The molecule has 0 unspecified atom stereocenters. The van der Waals surface area contributed by atoms with E-state index in [4.69, 9.17) is 23.2 Å². The molecule has 1 amide bonds. The fourth-order valence-electron chi connectivity index (χ4n) is 3.08. The molecule has 154 valence electrons.